The van der Waals surface area contributed by atoms with E-state index >= 15 is 0 Å². The van der Waals surface area contributed by atoms with Gasteiger partial charge in [0.15, 0.2) is 0 Å². The van der Waals surface area contributed by atoms with Crippen LogP contribution < -0.4 is 15.1 Å². The monoisotopic (exact) mass is 663 g/mol. The first kappa shape index (κ1) is 28.3. The Kier molecular flexibility index (Phi) is 7.69. The summed E-state index contributed by atoms with van der Waals surface area (Å²) < 4.78 is 1.32. The number of thiazole rings is 1. The van der Waals surface area contributed by atoms with Gasteiger partial charge in [-0.3, -0.25) is 23.7 Å². The van der Waals surface area contributed by atoms with Gasteiger partial charge >= 0.3 is 4.87 Å². The highest BCUT2D eigenvalue weighted by atomic mass is 35.5. The van der Waals surface area contributed by atoms with Crippen molar-refractivity contribution in [3.63, 3.8) is 0 Å². The molecule has 1 fully saturated rings. The molecular formula is C28H17Cl4N3O4S2. The third-order valence-electron chi connectivity index (χ3n) is 6.89. The molecule has 0 bridgehead atoms. The number of nitrogens with zero attached hydrogens (tertiary/aromatic N) is 2. The molecule has 0 radical (unpaired) electrons. The number of halogens is 4. The van der Waals surface area contributed by atoms with Gasteiger partial charge in [-0.25, -0.2) is 4.90 Å². The number of hydrogen-bond acceptors (Lipinski definition) is 6. The summed E-state index contributed by atoms with van der Waals surface area (Å²) >= 11 is 27.1. The Bertz CT molecular complexity index is 1790. The Balaban J connectivity index is 1.43. The number of benzene rings is 3. The summed E-state index contributed by atoms with van der Waals surface area (Å²) in [5.41, 5.74) is 1.39. The molecule has 3 heterocycles. The largest absolute Gasteiger partial charge is 0.324 e. The zero-order valence-corrected chi connectivity index (χ0v) is 25.3. The van der Waals surface area contributed by atoms with Gasteiger partial charge in [-0.2, -0.15) is 0 Å². The number of nitrogens with one attached hydrogen (secondary N) is 1. The van der Waals surface area contributed by atoms with Crippen molar-refractivity contribution in [2.75, 3.05) is 10.2 Å². The molecule has 13 heteroatoms. The van der Waals surface area contributed by atoms with E-state index in [1.165, 1.54) is 15.5 Å². The van der Waals surface area contributed by atoms with E-state index in [4.69, 9.17) is 46.4 Å². The van der Waals surface area contributed by atoms with Crippen LogP contribution in [-0.2, 0) is 20.9 Å². The maximum atomic E-state index is 13.9. The van der Waals surface area contributed by atoms with Crippen molar-refractivity contribution in [3.8, 4) is 0 Å². The third kappa shape index (κ3) is 4.98. The van der Waals surface area contributed by atoms with Crippen LogP contribution in [0.1, 0.15) is 16.4 Å². The number of anilines is 2. The average molecular weight is 665 g/mol. The van der Waals surface area contributed by atoms with Gasteiger partial charge in [0.2, 0.25) is 17.7 Å². The Morgan fingerprint density at radius 1 is 0.854 bits per heavy atom. The molecule has 3 amide bonds. The molecule has 0 saturated carbocycles. The standard InChI is InChI=1S/C28H17Cl4N3O4S2/c29-16-10-9-13(11-18(16)31)33-19(36)12-34-27-24(41-28(34)39)20(15-7-4-8-17(30)22(15)32)21-23(40-27)26(38)35(25(21)37)14-5-2-1-3-6-14/h1-11,20-21,23H,12H2,(H,33,36). The predicted molar refractivity (Wildman–Crippen MR) is 164 cm³/mol. The van der Waals surface area contributed by atoms with Crippen LogP contribution in [0.3, 0.4) is 0 Å². The minimum absolute atomic E-state index is 0.235. The molecule has 41 heavy (non-hydrogen) atoms. The van der Waals surface area contributed by atoms with E-state index in [9.17, 15) is 19.2 Å². The SMILES string of the molecule is O=C(Cn1c2c(sc1=O)C(c1cccc(Cl)c1Cl)C1C(=O)N(c3ccccc3)C(=O)C1S2)Nc1ccc(Cl)c(Cl)c1. The molecule has 3 aromatic carbocycles. The molecular weight excluding hydrogens is 648 g/mol. The van der Waals surface area contributed by atoms with Crippen LogP contribution in [0.4, 0.5) is 11.4 Å². The van der Waals surface area contributed by atoms with Gasteiger partial charge < -0.3 is 5.32 Å². The molecule has 1 saturated heterocycles. The van der Waals surface area contributed by atoms with E-state index < -0.39 is 39.7 Å². The van der Waals surface area contributed by atoms with Crippen molar-refractivity contribution in [2.45, 2.75) is 22.7 Å². The second kappa shape index (κ2) is 11.1. The number of para-hydroxylation sites is 1. The molecule has 1 N–H and O–H groups in total. The quantitative estimate of drug-likeness (QED) is 0.233. The minimum Gasteiger partial charge on any atom is -0.324 e. The average Bonchev–Trinajstić information content (AvgIpc) is 3.39. The Morgan fingerprint density at radius 2 is 1.61 bits per heavy atom. The Labute approximate surface area is 262 Å². The highest BCUT2D eigenvalue weighted by Gasteiger charge is 2.57. The summed E-state index contributed by atoms with van der Waals surface area (Å²) in [6, 6.07) is 18.4. The molecule has 2 aliphatic heterocycles. The van der Waals surface area contributed by atoms with Crippen LogP contribution >= 0.6 is 69.5 Å². The zero-order valence-electron chi connectivity index (χ0n) is 20.6. The summed E-state index contributed by atoms with van der Waals surface area (Å²) in [7, 11) is 0. The highest BCUT2D eigenvalue weighted by Crippen LogP contribution is 2.55. The van der Waals surface area contributed by atoms with Crippen molar-refractivity contribution in [1.29, 1.82) is 0 Å². The number of hydrogen-bond donors (Lipinski definition) is 1. The molecule has 7 nitrogen and oxygen atoms in total. The second-order valence-corrected chi connectivity index (χ2v) is 13.1. The van der Waals surface area contributed by atoms with Gasteiger partial charge in [0.1, 0.15) is 11.8 Å². The second-order valence-electron chi connectivity index (χ2n) is 9.33. The summed E-state index contributed by atoms with van der Waals surface area (Å²) in [4.78, 5) is 55.3. The van der Waals surface area contributed by atoms with Gasteiger partial charge in [-0.05, 0) is 42.0 Å². The fourth-order valence-corrected chi connectivity index (χ4v) is 8.59. The number of imide groups is 1. The summed E-state index contributed by atoms with van der Waals surface area (Å²) in [6.07, 6.45) is 0. The van der Waals surface area contributed by atoms with Crippen LogP contribution in [0.2, 0.25) is 20.1 Å². The molecule has 4 aromatic rings. The minimum atomic E-state index is -0.853. The predicted octanol–water partition coefficient (Wildman–Crippen LogP) is 6.96. The summed E-state index contributed by atoms with van der Waals surface area (Å²) in [5.74, 6) is -2.85. The first-order valence-corrected chi connectivity index (χ1v) is 15.4. The topological polar surface area (TPSA) is 88.5 Å². The Hall–Kier alpha value is -2.79. The fourth-order valence-electron chi connectivity index (χ4n) is 5.10. The van der Waals surface area contributed by atoms with Crippen molar-refractivity contribution >= 4 is 98.6 Å². The number of amides is 3. The van der Waals surface area contributed by atoms with Gasteiger partial charge in [0, 0.05) is 16.5 Å². The van der Waals surface area contributed by atoms with Crippen molar-refractivity contribution < 1.29 is 14.4 Å². The van der Waals surface area contributed by atoms with Gasteiger partial charge in [-0.1, -0.05) is 99.8 Å². The number of aromatic nitrogens is 1. The molecule has 1 aromatic heterocycles. The van der Waals surface area contributed by atoms with Crippen LogP contribution in [-0.4, -0.2) is 27.5 Å². The number of thioether (sulfide) groups is 1. The lowest BCUT2D eigenvalue weighted by atomic mass is 9.83. The van der Waals surface area contributed by atoms with Gasteiger partial charge in [0.25, 0.3) is 0 Å². The lowest BCUT2D eigenvalue weighted by Gasteiger charge is -2.31. The number of rotatable bonds is 5. The zero-order chi connectivity index (χ0) is 29.0. The molecule has 2 aliphatic rings. The highest BCUT2D eigenvalue weighted by molar-refractivity contribution is 8.00. The number of carbonyl (C=O) groups is 3. The normalized spacial score (nSPS) is 19.7. The molecule has 208 valence electrons. The molecule has 0 spiro atoms. The summed E-state index contributed by atoms with van der Waals surface area (Å²) in [5, 5.41) is 3.42. The van der Waals surface area contributed by atoms with Gasteiger partial charge in [-0.15, -0.1) is 0 Å². The maximum absolute atomic E-state index is 13.9. The first-order valence-electron chi connectivity index (χ1n) is 12.2. The van der Waals surface area contributed by atoms with Crippen LogP contribution in [0.5, 0.6) is 0 Å². The van der Waals surface area contributed by atoms with Gasteiger partial charge in [0.05, 0.1) is 36.7 Å². The maximum Gasteiger partial charge on any atom is 0.308 e. The van der Waals surface area contributed by atoms with Crippen molar-refractivity contribution in [2.24, 2.45) is 5.92 Å². The molecule has 3 unspecified atom stereocenters. The number of fused-ring (bicyclic) bond motifs is 2. The van der Waals surface area contributed by atoms with E-state index in [2.05, 4.69) is 5.32 Å². The van der Waals surface area contributed by atoms with Crippen LogP contribution in [0, 0.1) is 5.92 Å². The molecule has 0 aliphatic carbocycles. The Morgan fingerprint density at radius 3 is 2.34 bits per heavy atom. The van der Waals surface area contributed by atoms with Crippen molar-refractivity contribution in [3.05, 3.63) is 107 Å². The van der Waals surface area contributed by atoms with E-state index in [0.29, 0.717) is 31.9 Å². The van der Waals surface area contributed by atoms with E-state index in [1.807, 2.05) is 0 Å². The van der Waals surface area contributed by atoms with E-state index in [1.54, 1.807) is 60.7 Å². The third-order valence-corrected chi connectivity index (χ3v) is 11.1. The van der Waals surface area contributed by atoms with Crippen molar-refractivity contribution in [1.82, 2.24) is 4.57 Å². The molecule has 6 rings (SSSR count). The van der Waals surface area contributed by atoms with Crippen LogP contribution in [0.25, 0.3) is 0 Å². The fraction of sp³-hybridized carbons (Fsp3) is 0.143. The number of carbonyl (C=O) groups excluding carboxylic acids is 3. The molecule has 3 atom stereocenters. The first-order chi connectivity index (χ1) is 19.7. The summed E-state index contributed by atoms with van der Waals surface area (Å²) in [6.45, 7) is -0.324. The smallest absolute Gasteiger partial charge is 0.308 e. The lowest BCUT2D eigenvalue weighted by Crippen LogP contribution is -2.33. The lowest BCUT2D eigenvalue weighted by molar-refractivity contribution is -0.122. The van der Waals surface area contributed by atoms with E-state index in [0.717, 1.165) is 23.1 Å². The van der Waals surface area contributed by atoms with Crippen LogP contribution in [0.15, 0.2) is 76.6 Å². The van der Waals surface area contributed by atoms with E-state index in [-0.39, 0.29) is 21.6 Å².